The SMILES string of the molecule is Cc1cccc(C)c1-c1cc(OC2CN(C(=O)c3cn(C)c4ccccc34)C2)nc(NS(=O)(=O)c2cnn(C)c2)n1. The summed E-state index contributed by atoms with van der Waals surface area (Å²) in [6.45, 7) is 4.68. The summed E-state index contributed by atoms with van der Waals surface area (Å²) in [4.78, 5) is 23.9. The van der Waals surface area contributed by atoms with Gasteiger partial charge in [-0.1, -0.05) is 36.4 Å². The van der Waals surface area contributed by atoms with Crippen LogP contribution in [0.3, 0.4) is 0 Å². The predicted octanol–water partition coefficient (Wildman–Crippen LogP) is 3.69. The van der Waals surface area contributed by atoms with Gasteiger partial charge in [-0.05, 0) is 31.0 Å². The van der Waals surface area contributed by atoms with Crippen LogP contribution in [-0.2, 0) is 24.1 Å². The number of fused-ring (bicyclic) bond motifs is 1. The van der Waals surface area contributed by atoms with Crippen molar-refractivity contribution in [3.05, 3.63) is 83.8 Å². The van der Waals surface area contributed by atoms with E-state index >= 15 is 0 Å². The van der Waals surface area contributed by atoms with E-state index in [9.17, 15) is 13.2 Å². The summed E-state index contributed by atoms with van der Waals surface area (Å²) in [6, 6.07) is 15.4. The van der Waals surface area contributed by atoms with Crippen LogP contribution in [0.15, 0.2) is 72.0 Å². The van der Waals surface area contributed by atoms with E-state index < -0.39 is 10.0 Å². The lowest BCUT2D eigenvalue weighted by atomic mass is 10.00. The van der Waals surface area contributed by atoms with Crippen LogP contribution >= 0.6 is 0 Å². The van der Waals surface area contributed by atoms with Crippen molar-refractivity contribution >= 4 is 32.8 Å². The molecular formula is C29H29N7O4S. The maximum atomic E-state index is 13.3. The molecular weight excluding hydrogens is 542 g/mol. The zero-order chi connectivity index (χ0) is 28.9. The number of hydrogen-bond acceptors (Lipinski definition) is 7. The third-order valence-corrected chi connectivity index (χ3v) is 8.49. The Kier molecular flexibility index (Phi) is 6.49. The highest BCUT2D eigenvalue weighted by Gasteiger charge is 2.34. The Morgan fingerprint density at radius 3 is 2.44 bits per heavy atom. The first-order valence-electron chi connectivity index (χ1n) is 13.1. The first-order chi connectivity index (χ1) is 19.6. The summed E-state index contributed by atoms with van der Waals surface area (Å²) in [7, 11) is -0.428. The van der Waals surface area contributed by atoms with E-state index in [0.29, 0.717) is 24.3 Å². The summed E-state index contributed by atoms with van der Waals surface area (Å²) < 4.78 is 38.0. The van der Waals surface area contributed by atoms with Crippen LogP contribution in [-0.4, -0.2) is 62.7 Å². The Bertz CT molecular complexity index is 1890. The number of sulfonamides is 1. The number of aryl methyl sites for hydroxylation is 4. The van der Waals surface area contributed by atoms with E-state index in [1.165, 1.54) is 17.1 Å². The van der Waals surface area contributed by atoms with Gasteiger partial charge < -0.3 is 14.2 Å². The molecule has 1 saturated heterocycles. The molecule has 1 aliphatic heterocycles. The van der Waals surface area contributed by atoms with Crippen LogP contribution in [0.1, 0.15) is 21.5 Å². The van der Waals surface area contributed by atoms with E-state index in [-0.39, 0.29) is 28.7 Å². The molecule has 3 aromatic heterocycles. The minimum Gasteiger partial charge on any atom is -0.470 e. The molecule has 11 nitrogen and oxygen atoms in total. The largest absolute Gasteiger partial charge is 0.470 e. The molecule has 12 heteroatoms. The van der Waals surface area contributed by atoms with Crippen LogP contribution in [0.5, 0.6) is 5.88 Å². The smallest absolute Gasteiger partial charge is 0.267 e. The van der Waals surface area contributed by atoms with Crippen molar-refractivity contribution in [3.63, 3.8) is 0 Å². The first kappa shape index (κ1) is 26.5. The number of likely N-dealkylation sites (tertiary alicyclic amines) is 1. The minimum absolute atomic E-state index is 0.00914. The van der Waals surface area contributed by atoms with Crippen LogP contribution < -0.4 is 9.46 Å². The van der Waals surface area contributed by atoms with Crippen molar-refractivity contribution in [2.24, 2.45) is 14.1 Å². The van der Waals surface area contributed by atoms with Crippen LogP contribution in [0.2, 0.25) is 0 Å². The Labute approximate surface area is 237 Å². The van der Waals surface area contributed by atoms with E-state index in [2.05, 4.69) is 19.8 Å². The number of amides is 1. The van der Waals surface area contributed by atoms with Gasteiger partial charge >= 0.3 is 0 Å². The van der Waals surface area contributed by atoms with E-state index in [0.717, 1.165) is 27.6 Å². The molecule has 0 unspecified atom stereocenters. The number of nitrogens with zero attached hydrogens (tertiary/aromatic N) is 6. The van der Waals surface area contributed by atoms with Crippen LogP contribution in [0.4, 0.5) is 5.95 Å². The van der Waals surface area contributed by atoms with Gasteiger partial charge in [-0.2, -0.15) is 10.1 Å². The summed E-state index contributed by atoms with van der Waals surface area (Å²) in [6.07, 6.45) is 4.19. The standard InChI is InChI=1S/C29H29N7O4S/c1-18-8-7-9-19(2)27(18)24-12-26(32-29(31-24)33-41(38,39)21-13-30-35(4)16-21)40-20-14-36(15-20)28(37)23-17-34(3)25-11-6-5-10-22(23)25/h5-13,16-17,20H,14-15H2,1-4H3,(H,31,32,33). The Hall–Kier alpha value is -4.71. The van der Waals surface area contributed by atoms with Gasteiger partial charge in [0.1, 0.15) is 11.0 Å². The van der Waals surface area contributed by atoms with Gasteiger partial charge in [0.25, 0.3) is 15.9 Å². The third kappa shape index (κ3) is 5.02. The second-order valence-corrected chi connectivity index (χ2v) is 11.9. The lowest BCUT2D eigenvalue weighted by Gasteiger charge is -2.38. The number of carbonyl (C=O) groups excluding carboxylic acids is 1. The van der Waals surface area contributed by atoms with Crippen LogP contribution in [0.25, 0.3) is 22.2 Å². The molecule has 6 rings (SSSR count). The summed E-state index contributed by atoms with van der Waals surface area (Å²) in [5.74, 6) is 0.0290. The van der Waals surface area contributed by atoms with Gasteiger partial charge in [-0.15, -0.1) is 0 Å². The molecule has 1 aliphatic rings. The zero-order valence-corrected chi connectivity index (χ0v) is 23.9. The van der Waals surface area contributed by atoms with E-state index in [4.69, 9.17) is 4.74 Å². The first-order valence-corrected chi connectivity index (χ1v) is 14.5. The lowest BCUT2D eigenvalue weighted by Crippen LogP contribution is -2.56. The second kappa shape index (κ2) is 10.0. The molecule has 0 atom stereocenters. The van der Waals surface area contributed by atoms with Gasteiger partial charge in [0.15, 0.2) is 0 Å². The summed E-state index contributed by atoms with van der Waals surface area (Å²) >= 11 is 0. The zero-order valence-electron chi connectivity index (χ0n) is 23.1. The fraction of sp³-hybridized carbons (Fsp3) is 0.241. The van der Waals surface area contributed by atoms with Crippen molar-refractivity contribution in [2.45, 2.75) is 24.8 Å². The minimum atomic E-state index is -3.98. The normalized spacial score (nSPS) is 13.8. The van der Waals surface area contributed by atoms with Crippen molar-refractivity contribution in [3.8, 4) is 17.1 Å². The molecule has 1 amide bonds. The number of nitrogens with one attached hydrogen (secondary N) is 1. The number of carbonyl (C=O) groups is 1. The molecule has 0 aliphatic carbocycles. The number of anilines is 1. The average molecular weight is 572 g/mol. The van der Waals surface area contributed by atoms with E-state index in [1.807, 2.05) is 74.1 Å². The molecule has 5 aromatic rings. The van der Waals surface area contributed by atoms with Crippen molar-refractivity contribution < 1.29 is 17.9 Å². The number of hydrogen-bond donors (Lipinski definition) is 1. The molecule has 4 heterocycles. The fourth-order valence-corrected chi connectivity index (χ4v) is 6.05. The Morgan fingerprint density at radius 2 is 1.73 bits per heavy atom. The highest BCUT2D eigenvalue weighted by Crippen LogP contribution is 2.31. The molecule has 210 valence electrons. The number of benzene rings is 2. The molecule has 0 bridgehead atoms. The Morgan fingerprint density at radius 1 is 1.00 bits per heavy atom. The molecule has 2 aromatic carbocycles. The average Bonchev–Trinajstić information content (AvgIpc) is 3.49. The highest BCUT2D eigenvalue weighted by molar-refractivity contribution is 7.92. The molecule has 1 fully saturated rings. The van der Waals surface area contributed by atoms with Gasteiger partial charge in [-0.25, -0.2) is 18.1 Å². The highest BCUT2D eigenvalue weighted by atomic mass is 32.2. The summed E-state index contributed by atoms with van der Waals surface area (Å²) in [5, 5.41) is 4.85. The molecule has 0 saturated carbocycles. The predicted molar refractivity (Wildman–Crippen MR) is 154 cm³/mol. The molecule has 0 radical (unpaired) electrons. The number of para-hydroxylation sites is 1. The van der Waals surface area contributed by atoms with Crippen molar-refractivity contribution in [2.75, 3.05) is 17.8 Å². The van der Waals surface area contributed by atoms with Crippen molar-refractivity contribution in [1.29, 1.82) is 0 Å². The number of ether oxygens (including phenoxy) is 1. The third-order valence-electron chi connectivity index (χ3n) is 7.21. The second-order valence-electron chi connectivity index (χ2n) is 10.3. The quantitative estimate of drug-likeness (QED) is 0.316. The van der Waals surface area contributed by atoms with E-state index in [1.54, 1.807) is 18.0 Å². The lowest BCUT2D eigenvalue weighted by molar-refractivity contribution is 0.0162. The Balaban J connectivity index is 1.26. The topological polar surface area (TPSA) is 124 Å². The van der Waals surface area contributed by atoms with Gasteiger partial charge in [0.2, 0.25) is 11.8 Å². The van der Waals surface area contributed by atoms with Crippen molar-refractivity contribution in [1.82, 2.24) is 29.2 Å². The molecule has 1 N–H and O–H groups in total. The monoisotopic (exact) mass is 571 g/mol. The number of aromatic nitrogens is 5. The van der Waals surface area contributed by atoms with Gasteiger partial charge in [-0.3, -0.25) is 9.48 Å². The van der Waals surface area contributed by atoms with Gasteiger partial charge in [0.05, 0.1) is 30.5 Å². The summed E-state index contributed by atoms with van der Waals surface area (Å²) in [5.41, 5.74) is 4.98. The number of rotatable bonds is 7. The van der Waals surface area contributed by atoms with Crippen LogP contribution in [0, 0.1) is 13.8 Å². The fourth-order valence-electron chi connectivity index (χ4n) is 5.13. The molecule has 41 heavy (non-hydrogen) atoms. The maximum absolute atomic E-state index is 13.3. The van der Waals surface area contributed by atoms with Gasteiger partial charge in [0, 0.05) is 49.0 Å². The maximum Gasteiger partial charge on any atom is 0.267 e. The molecule has 0 spiro atoms.